The van der Waals surface area contributed by atoms with Crippen molar-refractivity contribution in [2.45, 2.75) is 63.1 Å². The summed E-state index contributed by atoms with van der Waals surface area (Å²) in [7, 11) is 1.30. The van der Waals surface area contributed by atoms with Gasteiger partial charge >= 0.3 is 12.3 Å². The number of nitrogens with zero attached hydrogens (tertiary/aromatic N) is 2. The van der Waals surface area contributed by atoms with E-state index >= 15 is 0 Å². The summed E-state index contributed by atoms with van der Waals surface area (Å²) in [5.41, 5.74) is -1.67. The number of alkyl halides is 3. The first-order valence-electron chi connectivity index (χ1n) is 10.8. The summed E-state index contributed by atoms with van der Waals surface area (Å²) in [6.45, 7) is 3.05. The van der Waals surface area contributed by atoms with Crippen LogP contribution >= 0.6 is 0 Å². The molecule has 3 fully saturated rings. The number of carbonyl (C=O) groups is 2. The number of halogens is 4. The van der Waals surface area contributed by atoms with Gasteiger partial charge in [0, 0.05) is 30.5 Å². The zero-order chi connectivity index (χ0) is 23.3. The summed E-state index contributed by atoms with van der Waals surface area (Å²) < 4.78 is 57.5. The van der Waals surface area contributed by atoms with Gasteiger partial charge in [0.15, 0.2) is 0 Å². The average Bonchev–Trinajstić information content (AvgIpc) is 2.69. The fourth-order valence-electron chi connectivity index (χ4n) is 5.55. The van der Waals surface area contributed by atoms with E-state index < -0.39 is 29.3 Å². The van der Waals surface area contributed by atoms with Gasteiger partial charge in [-0.2, -0.15) is 13.2 Å². The largest absolute Gasteiger partial charge is 0.453 e. The number of amides is 2. The maximum atomic E-state index is 14.1. The molecule has 1 aliphatic heterocycles. The van der Waals surface area contributed by atoms with E-state index in [4.69, 9.17) is 0 Å². The third-order valence-corrected chi connectivity index (χ3v) is 7.38. The number of nitrogens with one attached hydrogen (secondary N) is 1. The van der Waals surface area contributed by atoms with Crippen molar-refractivity contribution in [3.05, 3.63) is 29.3 Å². The molecule has 10 heteroatoms. The van der Waals surface area contributed by atoms with Crippen molar-refractivity contribution in [1.82, 2.24) is 15.2 Å². The van der Waals surface area contributed by atoms with Gasteiger partial charge in [0.25, 0.3) is 0 Å². The maximum Gasteiger partial charge on any atom is 0.433 e. The van der Waals surface area contributed by atoms with E-state index in [1.165, 1.54) is 7.11 Å². The summed E-state index contributed by atoms with van der Waals surface area (Å²) in [5.74, 6) is -1.08. The highest BCUT2D eigenvalue weighted by molar-refractivity contribution is 5.81. The Kier molecular flexibility index (Phi) is 5.61. The van der Waals surface area contributed by atoms with Gasteiger partial charge in [0.2, 0.25) is 5.91 Å². The van der Waals surface area contributed by atoms with E-state index in [9.17, 15) is 27.2 Å². The highest BCUT2D eigenvalue weighted by Gasteiger charge is 2.51. The number of hydrogen-bond acceptors (Lipinski definition) is 4. The number of aromatic nitrogens is 1. The number of methoxy groups -OCH3 is 1. The normalized spacial score (nSPS) is 27.4. The van der Waals surface area contributed by atoms with E-state index in [-0.39, 0.29) is 28.9 Å². The summed E-state index contributed by atoms with van der Waals surface area (Å²) >= 11 is 0. The highest BCUT2D eigenvalue weighted by Crippen LogP contribution is 2.57. The summed E-state index contributed by atoms with van der Waals surface area (Å²) in [6, 6.07) is 1.52. The van der Waals surface area contributed by atoms with Crippen LogP contribution in [0.5, 0.6) is 0 Å². The molecule has 176 valence electrons. The standard InChI is InChI=1S/C22H27F4N3O3/c1-20(28-19(31)32-2)9-14(10-20)18(30)29-7-5-21(6-8-29)11-13(12-21)17-15(23)3-4-16(27-17)22(24,25)26/h3-4,13-14H,5-12H2,1-2H3,(H,28,31). The molecule has 2 saturated carbocycles. The Morgan fingerprint density at radius 3 is 2.34 bits per heavy atom. The van der Waals surface area contributed by atoms with Gasteiger partial charge in [-0.15, -0.1) is 0 Å². The van der Waals surface area contributed by atoms with Gasteiger partial charge in [-0.3, -0.25) is 4.79 Å². The minimum atomic E-state index is -4.60. The van der Waals surface area contributed by atoms with Crippen LogP contribution in [0, 0.1) is 17.2 Å². The smallest absolute Gasteiger partial charge is 0.433 e. The van der Waals surface area contributed by atoms with Crippen molar-refractivity contribution in [2.24, 2.45) is 11.3 Å². The van der Waals surface area contributed by atoms with Crippen LogP contribution in [-0.4, -0.2) is 47.6 Å². The fraction of sp³-hybridized carbons (Fsp3) is 0.682. The predicted octanol–water partition coefficient (Wildman–Crippen LogP) is 4.25. The lowest BCUT2D eigenvalue weighted by molar-refractivity contribution is -0.144. The molecule has 0 atom stereocenters. The number of likely N-dealkylation sites (tertiary alicyclic amines) is 1. The first-order chi connectivity index (χ1) is 14.9. The Labute approximate surface area is 183 Å². The van der Waals surface area contributed by atoms with Gasteiger partial charge in [0.05, 0.1) is 12.8 Å². The van der Waals surface area contributed by atoms with E-state index in [0.717, 1.165) is 18.9 Å². The van der Waals surface area contributed by atoms with Crippen molar-refractivity contribution >= 4 is 12.0 Å². The van der Waals surface area contributed by atoms with Crippen LogP contribution in [-0.2, 0) is 15.7 Å². The molecule has 1 N–H and O–H groups in total. The second-order valence-electron chi connectivity index (χ2n) is 9.77. The molecular weight excluding hydrogens is 430 g/mol. The molecular formula is C22H27F4N3O3. The van der Waals surface area contributed by atoms with Gasteiger partial charge in [0.1, 0.15) is 11.5 Å². The molecule has 1 aromatic rings. The van der Waals surface area contributed by atoms with Crippen molar-refractivity contribution in [2.75, 3.05) is 20.2 Å². The first-order valence-corrected chi connectivity index (χ1v) is 10.8. The van der Waals surface area contributed by atoms with Crippen LogP contribution < -0.4 is 5.32 Å². The molecule has 4 rings (SSSR count). The first kappa shape index (κ1) is 22.8. The van der Waals surface area contributed by atoms with Crippen LogP contribution in [0.1, 0.15) is 62.8 Å². The van der Waals surface area contributed by atoms with Gasteiger partial charge in [-0.25, -0.2) is 14.2 Å². The second kappa shape index (κ2) is 7.88. The minimum absolute atomic E-state index is 0.0651. The molecule has 1 spiro atoms. The Balaban J connectivity index is 1.29. The van der Waals surface area contributed by atoms with Crippen LogP contribution in [0.3, 0.4) is 0 Å². The van der Waals surface area contributed by atoms with E-state index in [1.54, 1.807) is 0 Å². The molecule has 1 saturated heterocycles. The summed E-state index contributed by atoms with van der Waals surface area (Å²) in [5, 5.41) is 2.76. The zero-order valence-electron chi connectivity index (χ0n) is 18.1. The number of pyridine rings is 1. The third kappa shape index (κ3) is 4.28. The van der Waals surface area contributed by atoms with E-state index in [1.807, 2.05) is 11.8 Å². The minimum Gasteiger partial charge on any atom is -0.453 e. The quantitative estimate of drug-likeness (QED) is 0.689. The molecule has 0 unspecified atom stereocenters. The fourth-order valence-corrected chi connectivity index (χ4v) is 5.55. The number of hydrogen-bond donors (Lipinski definition) is 1. The van der Waals surface area contributed by atoms with E-state index in [2.05, 4.69) is 15.0 Å². The lowest BCUT2D eigenvalue weighted by atomic mass is 9.56. The lowest BCUT2D eigenvalue weighted by Crippen LogP contribution is -2.59. The molecule has 3 aliphatic rings. The van der Waals surface area contributed by atoms with Crippen molar-refractivity contribution in [1.29, 1.82) is 0 Å². The molecule has 2 aliphatic carbocycles. The Bertz CT molecular complexity index is 898. The number of alkyl carbamates (subject to hydrolysis) is 1. The Morgan fingerprint density at radius 1 is 1.16 bits per heavy atom. The maximum absolute atomic E-state index is 14.1. The predicted molar refractivity (Wildman–Crippen MR) is 106 cm³/mol. The molecule has 6 nitrogen and oxygen atoms in total. The van der Waals surface area contributed by atoms with Crippen molar-refractivity contribution in [3.8, 4) is 0 Å². The Morgan fingerprint density at radius 2 is 1.78 bits per heavy atom. The summed E-state index contributed by atoms with van der Waals surface area (Å²) in [4.78, 5) is 29.6. The van der Waals surface area contributed by atoms with E-state index in [0.29, 0.717) is 44.8 Å². The van der Waals surface area contributed by atoms with Crippen LogP contribution in [0.15, 0.2) is 12.1 Å². The SMILES string of the molecule is COC(=O)NC1(C)CC(C(=O)N2CCC3(CC2)CC(c2nc(C(F)(F)F)ccc2F)C3)C1. The van der Waals surface area contributed by atoms with Crippen LogP contribution in [0.4, 0.5) is 22.4 Å². The second-order valence-corrected chi connectivity index (χ2v) is 9.77. The van der Waals surface area contributed by atoms with Crippen molar-refractivity contribution < 1.29 is 31.9 Å². The van der Waals surface area contributed by atoms with Crippen LogP contribution in [0.25, 0.3) is 0 Å². The molecule has 0 aromatic carbocycles. The molecule has 1 aromatic heterocycles. The number of carbonyl (C=O) groups excluding carboxylic acids is 2. The van der Waals surface area contributed by atoms with Gasteiger partial charge < -0.3 is 15.0 Å². The lowest BCUT2D eigenvalue weighted by Gasteiger charge is -2.53. The average molecular weight is 457 g/mol. The number of piperidine rings is 1. The number of rotatable bonds is 3. The van der Waals surface area contributed by atoms with Gasteiger partial charge in [-0.05, 0) is 63.0 Å². The zero-order valence-corrected chi connectivity index (χ0v) is 18.1. The Hall–Kier alpha value is -2.39. The van der Waals surface area contributed by atoms with Crippen molar-refractivity contribution in [3.63, 3.8) is 0 Å². The molecule has 2 heterocycles. The topological polar surface area (TPSA) is 71.5 Å². The highest BCUT2D eigenvalue weighted by atomic mass is 19.4. The third-order valence-electron chi connectivity index (χ3n) is 7.38. The summed E-state index contributed by atoms with van der Waals surface area (Å²) in [6.07, 6.45) is -1.31. The number of ether oxygens (including phenoxy) is 1. The molecule has 0 bridgehead atoms. The van der Waals surface area contributed by atoms with Crippen LogP contribution in [0.2, 0.25) is 0 Å². The monoisotopic (exact) mass is 457 g/mol. The molecule has 32 heavy (non-hydrogen) atoms. The molecule has 0 radical (unpaired) electrons. The van der Waals surface area contributed by atoms with Gasteiger partial charge in [-0.1, -0.05) is 0 Å². The molecule has 2 amide bonds.